The van der Waals surface area contributed by atoms with E-state index in [-0.39, 0.29) is 28.0 Å². The maximum absolute atomic E-state index is 13.1. The highest BCUT2D eigenvalue weighted by molar-refractivity contribution is 5.96. The maximum Gasteiger partial charge on any atom is 0.211 e. The van der Waals surface area contributed by atoms with Crippen LogP contribution in [0.1, 0.15) is 0 Å². The van der Waals surface area contributed by atoms with E-state index < -0.39 is 16.9 Å². The van der Waals surface area contributed by atoms with Crippen molar-refractivity contribution in [3.8, 4) is 45.6 Å². The fourth-order valence-electron chi connectivity index (χ4n) is 2.82. The first-order chi connectivity index (χ1) is 13.0. The van der Waals surface area contributed by atoms with Crippen molar-refractivity contribution >= 4 is 11.0 Å². The molecule has 0 aliphatic rings. The van der Waals surface area contributed by atoms with Crippen LogP contribution in [0, 0.1) is 0 Å². The summed E-state index contributed by atoms with van der Waals surface area (Å²) in [5.74, 6) is -0.467. The first-order valence-electron chi connectivity index (χ1n) is 7.81. The molecule has 8 heteroatoms. The lowest BCUT2D eigenvalue weighted by atomic mass is 10.0. The summed E-state index contributed by atoms with van der Waals surface area (Å²) >= 11 is 0. The Morgan fingerprint density at radius 2 is 1.41 bits per heavy atom. The number of benzene rings is 2. The third-order valence-electron chi connectivity index (χ3n) is 4.15. The molecule has 0 saturated heterocycles. The Morgan fingerprint density at radius 3 is 1.93 bits per heavy atom. The SMILES string of the molecule is COc1cc(OC)cc(-c2coc3c(OC)c(OC)c(O)c(O)c3c2=O)c1. The van der Waals surface area contributed by atoms with E-state index in [9.17, 15) is 15.0 Å². The van der Waals surface area contributed by atoms with Crippen molar-refractivity contribution in [2.24, 2.45) is 0 Å². The average Bonchev–Trinajstić information content (AvgIpc) is 2.69. The predicted octanol–water partition coefficient (Wildman–Crippen LogP) is 2.91. The van der Waals surface area contributed by atoms with Crippen LogP contribution in [0.5, 0.6) is 34.5 Å². The molecule has 8 nitrogen and oxygen atoms in total. The van der Waals surface area contributed by atoms with Gasteiger partial charge in [0, 0.05) is 6.07 Å². The van der Waals surface area contributed by atoms with Gasteiger partial charge in [0.05, 0.1) is 34.0 Å². The van der Waals surface area contributed by atoms with Crippen LogP contribution in [-0.2, 0) is 0 Å². The highest BCUT2D eigenvalue weighted by Gasteiger charge is 2.26. The van der Waals surface area contributed by atoms with Crippen molar-refractivity contribution in [1.82, 2.24) is 0 Å². The fraction of sp³-hybridized carbons (Fsp3) is 0.211. The Bertz CT molecular complexity index is 1050. The van der Waals surface area contributed by atoms with Crippen LogP contribution >= 0.6 is 0 Å². The molecule has 0 aliphatic heterocycles. The smallest absolute Gasteiger partial charge is 0.211 e. The van der Waals surface area contributed by atoms with Gasteiger partial charge in [0.2, 0.25) is 22.7 Å². The number of phenolic OH excluding ortho intramolecular Hbond substituents is 2. The van der Waals surface area contributed by atoms with Crippen molar-refractivity contribution in [2.75, 3.05) is 28.4 Å². The molecule has 3 rings (SSSR count). The molecule has 2 aromatic carbocycles. The standard InChI is InChI=1S/C19H18O8/c1-23-10-5-9(6-11(7-10)24-2)12-8-27-17-13(14(12)20)15(21)16(22)18(25-3)19(17)26-4/h5-8,21-22H,1-4H3. The molecule has 0 fully saturated rings. The van der Waals surface area contributed by atoms with Gasteiger partial charge in [0.15, 0.2) is 11.3 Å². The van der Waals surface area contributed by atoms with Gasteiger partial charge in [-0.1, -0.05) is 0 Å². The van der Waals surface area contributed by atoms with E-state index in [4.69, 9.17) is 23.4 Å². The molecule has 2 N–H and O–H groups in total. The molecular weight excluding hydrogens is 356 g/mol. The average molecular weight is 374 g/mol. The van der Waals surface area contributed by atoms with Crippen LogP contribution < -0.4 is 24.4 Å². The van der Waals surface area contributed by atoms with Crippen LogP contribution in [0.4, 0.5) is 0 Å². The lowest BCUT2D eigenvalue weighted by Gasteiger charge is -2.14. The monoisotopic (exact) mass is 374 g/mol. The van der Waals surface area contributed by atoms with Gasteiger partial charge in [-0.05, 0) is 17.7 Å². The minimum atomic E-state index is -0.659. The van der Waals surface area contributed by atoms with Gasteiger partial charge in [-0.25, -0.2) is 0 Å². The molecule has 0 unspecified atom stereocenters. The lowest BCUT2D eigenvalue weighted by molar-refractivity contribution is 0.321. The summed E-state index contributed by atoms with van der Waals surface area (Å²) in [7, 11) is 5.59. The number of hydrogen-bond donors (Lipinski definition) is 2. The van der Waals surface area contributed by atoms with Gasteiger partial charge in [-0.15, -0.1) is 0 Å². The first-order valence-corrected chi connectivity index (χ1v) is 7.81. The molecule has 142 valence electrons. The Kier molecular flexibility index (Phi) is 4.72. The van der Waals surface area contributed by atoms with Gasteiger partial charge in [0.1, 0.15) is 23.1 Å². The minimum absolute atomic E-state index is 0.00493. The molecule has 1 heterocycles. The zero-order valence-corrected chi connectivity index (χ0v) is 15.2. The topological polar surface area (TPSA) is 108 Å². The van der Waals surface area contributed by atoms with E-state index in [2.05, 4.69) is 0 Å². The molecule has 1 aromatic heterocycles. The summed E-state index contributed by atoms with van der Waals surface area (Å²) < 4.78 is 26.2. The lowest BCUT2D eigenvalue weighted by Crippen LogP contribution is -2.07. The highest BCUT2D eigenvalue weighted by Crippen LogP contribution is 2.49. The van der Waals surface area contributed by atoms with Crippen molar-refractivity contribution in [2.45, 2.75) is 0 Å². The number of rotatable bonds is 5. The Labute approximate surface area is 154 Å². The van der Waals surface area contributed by atoms with Crippen LogP contribution in [0.3, 0.4) is 0 Å². The predicted molar refractivity (Wildman–Crippen MR) is 97.5 cm³/mol. The zero-order chi connectivity index (χ0) is 19.7. The molecule has 0 saturated carbocycles. The van der Waals surface area contributed by atoms with Crippen molar-refractivity contribution in [1.29, 1.82) is 0 Å². The molecule has 0 spiro atoms. The number of aromatic hydroxyl groups is 2. The Balaban J connectivity index is 2.38. The molecule has 0 bridgehead atoms. The van der Waals surface area contributed by atoms with Gasteiger partial charge in [0.25, 0.3) is 0 Å². The van der Waals surface area contributed by atoms with Gasteiger partial charge in [-0.3, -0.25) is 4.79 Å². The number of ether oxygens (including phenoxy) is 4. The van der Waals surface area contributed by atoms with Crippen LogP contribution in [-0.4, -0.2) is 38.7 Å². The summed E-state index contributed by atoms with van der Waals surface area (Å²) in [6.45, 7) is 0. The number of phenols is 2. The maximum atomic E-state index is 13.1. The number of hydrogen-bond acceptors (Lipinski definition) is 8. The quantitative estimate of drug-likeness (QED) is 0.657. The summed E-state index contributed by atoms with van der Waals surface area (Å²) in [4.78, 5) is 13.1. The van der Waals surface area contributed by atoms with Crippen LogP contribution in [0.2, 0.25) is 0 Å². The molecular formula is C19H18O8. The molecule has 3 aromatic rings. The molecule has 0 amide bonds. The fourth-order valence-corrected chi connectivity index (χ4v) is 2.82. The molecule has 0 aliphatic carbocycles. The van der Waals surface area contributed by atoms with Gasteiger partial charge < -0.3 is 33.6 Å². The zero-order valence-electron chi connectivity index (χ0n) is 15.2. The summed E-state index contributed by atoms with van der Waals surface area (Å²) in [5.41, 5.74) is -0.0225. The van der Waals surface area contributed by atoms with E-state index in [0.717, 1.165) is 0 Å². The van der Waals surface area contributed by atoms with E-state index in [1.807, 2.05) is 0 Å². The molecule has 0 atom stereocenters. The van der Waals surface area contributed by atoms with Crippen LogP contribution in [0.25, 0.3) is 22.1 Å². The third kappa shape index (κ3) is 2.84. The summed E-state index contributed by atoms with van der Waals surface area (Å²) in [6.07, 6.45) is 1.23. The van der Waals surface area contributed by atoms with E-state index >= 15 is 0 Å². The second kappa shape index (κ2) is 6.99. The van der Waals surface area contributed by atoms with Crippen LogP contribution in [0.15, 0.2) is 33.7 Å². The Morgan fingerprint density at radius 1 is 0.815 bits per heavy atom. The second-order valence-electron chi connectivity index (χ2n) is 5.55. The van der Waals surface area contributed by atoms with Crippen molar-refractivity contribution < 1.29 is 33.6 Å². The Hall–Kier alpha value is -3.55. The normalized spacial score (nSPS) is 10.7. The second-order valence-corrected chi connectivity index (χ2v) is 5.55. The number of fused-ring (bicyclic) bond motifs is 1. The van der Waals surface area contributed by atoms with E-state index in [1.54, 1.807) is 18.2 Å². The van der Waals surface area contributed by atoms with Gasteiger partial charge in [-0.2, -0.15) is 0 Å². The van der Waals surface area contributed by atoms with Crippen molar-refractivity contribution in [3.05, 3.63) is 34.7 Å². The minimum Gasteiger partial charge on any atom is -0.504 e. The number of methoxy groups -OCH3 is 4. The largest absolute Gasteiger partial charge is 0.504 e. The van der Waals surface area contributed by atoms with E-state index in [1.165, 1.54) is 34.7 Å². The highest BCUT2D eigenvalue weighted by atomic mass is 16.5. The van der Waals surface area contributed by atoms with E-state index in [0.29, 0.717) is 17.1 Å². The molecule has 27 heavy (non-hydrogen) atoms. The van der Waals surface area contributed by atoms with Crippen molar-refractivity contribution in [3.63, 3.8) is 0 Å². The first kappa shape index (κ1) is 18.2. The summed E-state index contributed by atoms with van der Waals surface area (Å²) in [6, 6.07) is 4.90. The third-order valence-corrected chi connectivity index (χ3v) is 4.15. The van der Waals surface area contributed by atoms with Gasteiger partial charge >= 0.3 is 0 Å². The molecule has 0 radical (unpaired) electrons. The summed E-state index contributed by atoms with van der Waals surface area (Å²) in [5, 5.41) is 20.3.